The summed E-state index contributed by atoms with van der Waals surface area (Å²) in [5, 5.41) is 13.1. The summed E-state index contributed by atoms with van der Waals surface area (Å²) in [5.41, 5.74) is 0.375. The van der Waals surface area contributed by atoms with E-state index in [1.54, 1.807) is 0 Å². The quantitative estimate of drug-likeness (QED) is 0.490. The standard InChI is InChI=1S/C17H20N2O5/c20-16(18-14-3-5-15(6-4-14)19(22)23)10-24-17(21)9-13-8-11-1-2-12(13)7-11/h3-6,11-13H,1-2,7-10H2,(H,18,20)/t11-,12-,13+/m1/s1. The van der Waals surface area contributed by atoms with Crippen molar-refractivity contribution in [2.75, 3.05) is 11.9 Å². The van der Waals surface area contributed by atoms with Crippen molar-refractivity contribution in [2.45, 2.75) is 32.1 Å². The fraction of sp³-hybridized carbons (Fsp3) is 0.529. The zero-order chi connectivity index (χ0) is 17.1. The van der Waals surface area contributed by atoms with Crippen LogP contribution in [0.4, 0.5) is 11.4 Å². The van der Waals surface area contributed by atoms with Crippen molar-refractivity contribution in [2.24, 2.45) is 17.8 Å². The molecular weight excluding hydrogens is 312 g/mol. The van der Waals surface area contributed by atoms with Crippen LogP contribution in [0.2, 0.25) is 0 Å². The average Bonchev–Trinajstić information content (AvgIpc) is 3.16. The molecule has 1 aromatic rings. The number of carbonyl (C=O) groups is 2. The van der Waals surface area contributed by atoms with Gasteiger partial charge in [-0.25, -0.2) is 0 Å². The van der Waals surface area contributed by atoms with Crippen LogP contribution in [-0.2, 0) is 14.3 Å². The average molecular weight is 332 g/mol. The Morgan fingerprint density at radius 2 is 1.96 bits per heavy atom. The molecule has 0 saturated heterocycles. The number of nitrogens with one attached hydrogen (secondary N) is 1. The molecule has 2 bridgehead atoms. The number of anilines is 1. The molecule has 24 heavy (non-hydrogen) atoms. The van der Waals surface area contributed by atoms with Gasteiger partial charge in [0.05, 0.1) is 4.92 Å². The Labute approximate surface area is 139 Å². The number of amides is 1. The van der Waals surface area contributed by atoms with Gasteiger partial charge < -0.3 is 10.1 Å². The van der Waals surface area contributed by atoms with E-state index < -0.39 is 10.8 Å². The van der Waals surface area contributed by atoms with Gasteiger partial charge in [-0.15, -0.1) is 0 Å². The molecule has 7 nitrogen and oxygen atoms in total. The number of hydrogen-bond acceptors (Lipinski definition) is 5. The fourth-order valence-corrected chi connectivity index (χ4v) is 3.91. The number of benzene rings is 1. The lowest BCUT2D eigenvalue weighted by Crippen LogP contribution is -2.23. The molecule has 3 atom stereocenters. The highest BCUT2D eigenvalue weighted by Crippen LogP contribution is 2.49. The number of nitro benzene ring substituents is 1. The van der Waals surface area contributed by atoms with Gasteiger partial charge in [0.2, 0.25) is 0 Å². The Morgan fingerprint density at radius 1 is 1.21 bits per heavy atom. The van der Waals surface area contributed by atoms with Gasteiger partial charge in [-0.05, 0) is 49.1 Å². The maximum absolute atomic E-state index is 11.9. The number of carbonyl (C=O) groups excluding carboxylic acids is 2. The number of nitro groups is 1. The fourth-order valence-electron chi connectivity index (χ4n) is 3.91. The van der Waals surface area contributed by atoms with Gasteiger partial charge in [-0.3, -0.25) is 19.7 Å². The number of fused-ring (bicyclic) bond motifs is 2. The van der Waals surface area contributed by atoms with E-state index in [1.807, 2.05) is 0 Å². The zero-order valence-corrected chi connectivity index (χ0v) is 13.3. The van der Waals surface area contributed by atoms with E-state index in [0.29, 0.717) is 23.9 Å². The van der Waals surface area contributed by atoms with Crippen LogP contribution in [-0.4, -0.2) is 23.4 Å². The number of esters is 1. The molecule has 0 spiro atoms. The minimum Gasteiger partial charge on any atom is -0.456 e. The number of hydrogen-bond donors (Lipinski definition) is 1. The Balaban J connectivity index is 1.40. The van der Waals surface area contributed by atoms with Crippen molar-refractivity contribution in [3.63, 3.8) is 0 Å². The molecule has 128 valence electrons. The van der Waals surface area contributed by atoms with Gasteiger partial charge in [0.15, 0.2) is 6.61 Å². The first-order chi connectivity index (χ1) is 11.5. The van der Waals surface area contributed by atoms with Crippen LogP contribution in [0, 0.1) is 27.9 Å². The van der Waals surface area contributed by atoms with Crippen LogP contribution in [0.3, 0.4) is 0 Å². The molecule has 2 fully saturated rings. The summed E-state index contributed by atoms with van der Waals surface area (Å²) in [6, 6.07) is 5.48. The van der Waals surface area contributed by atoms with E-state index in [4.69, 9.17) is 4.74 Å². The maximum atomic E-state index is 11.9. The number of ether oxygens (including phenoxy) is 1. The number of non-ortho nitro benzene ring substituents is 1. The van der Waals surface area contributed by atoms with E-state index in [1.165, 1.54) is 43.5 Å². The van der Waals surface area contributed by atoms with Gasteiger partial charge in [0.25, 0.3) is 11.6 Å². The van der Waals surface area contributed by atoms with E-state index in [9.17, 15) is 19.7 Å². The van der Waals surface area contributed by atoms with Crippen LogP contribution in [0.15, 0.2) is 24.3 Å². The van der Waals surface area contributed by atoms with Crippen LogP contribution in [0.5, 0.6) is 0 Å². The summed E-state index contributed by atoms with van der Waals surface area (Å²) in [7, 11) is 0. The molecule has 1 amide bonds. The molecule has 2 aliphatic rings. The van der Waals surface area contributed by atoms with Crippen molar-refractivity contribution >= 4 is 23.3 Å². The molecule has 2 saturated carbocycles. The molecule has 0 unspecified atom stereocenters. The minimum atomic E-state index is -0.511. The second-order valence-corrected chi connectivity index (χ2v) is 6.65. The summed E-state index contributed by atoms with van der Waals surface area (Å²) >= 11 is 0. The first-order valence-corrected chi connectivity index (χ1v) is 8.21. The molecule has 7 heteroatoms. The smallest absolute Gasteiger partial charge is 0.306 e. The molecule has 2 aliphatic carbocycles. The van der Waals surface area contributed by atoms with Crippen molar-refractivity contribution in [3.05, 3.63) is 34.4 Å². The SMILES string of the molecule is O=C(COC(=O)C[C@@H]1C[C@@H]2CC[C@@H]1C2)Nc1ccc([N+](=O)[O-])cc1. The second-order valence-electron chi connectivity index (χ2n) is 6.65. The minimum absolute atomic E-state index is 0.0507. The van der Waals surface area contributed by atoms with Crippen LogP contribution in [0.25, 0.3) is 0 Å². The summed E-state index contributed by atoms with van der Waals surface area (Å²) in [4.78, 5) is 33.7. The Morgan fingerprint density at radius 3 is 2.54 bits per heavy atom. The Bertz CT molecular complexity index is 643. The van der Waals surface area contributed by atoms with Crippen molar-refractivity contribution in [1.29, 1.82) is 0 Å². The zero-order valence-electron chi connectivity index (χ0n) is 13.3. The normalized spacial score (nSPS) is 24.6. The molecule has 1 aromatic carbocycles. The first-order valence-electron chi connectivity index (χ1n) is 8.21. The number of nitrogens with zero attached hydrogens (tertiary/aromatic N) is 1. The van der Waals surface area contributed by atoms with Gasteiger partial charge in [0, 0.05) is 24.2 Å². The predicted octanol–water partition coefficient (Wildman–Crippen LogP) is 2.90. The van der Waals surface area contributed by atoms with Crippen molar-refractivity contribution in [3.8, 4) is 0 Å². The van der Waals surface area contributed by atoms with Crippen molar-refractivity contribution in [1.82, 2.24) is 0 Å². The third kappa shape index (κ3) is 3.90. The molecule has 0 aliphatic heterocycles. The maximum Gasteiger partial charge on any atom is 0.306 e. The molecule has 0 radical (unpaired) electrons. The summed E-state index contributed by atoms with van der Waals surface area (Å²) in [6.45, 7) is -0.337. The largest absolute Gasteiger partial charge is 0.456 e. The summed E-state index contributed by atoms with van der Waals surface area (Å²) < 4.78 is 5.05. The van der Waals surface area contributed by atoms with E-state index in [-0.39, 0.29) is 18.3 Å². The first kappa shape index (κ1) is 16.4. The topological polar surface area (TPSA) is 98.5 Å². The van der Waals surface area contributed by atoms with Gasteiger partial charge in [-0.1, -0.05) is 6.42 Å². The second kappa shape index (κ2) is 6.98. The molecular formula is C17H20N2O5. The van der Waals surface area contributed by atoms with Crippen LogP contribution < -0.4 is 5.32 Å². The monoisotopic (exact) mass is 332 g/mol. The van der Waals surface area contributed by atoms with E-state index in [0.717, 1.165) is 12.3 Å². The lowest BCUT2D eigenvalue weighted by molar-refractivity contribution is -0.384. The van der Waals surface area contributed by atoms with Crippen molar-refractivity contribution < 1.29 is 19.2 Å². The highest BCUT2D eigenvalue weighted by molar-refractivity contribution is 5.92. The van der Waals surface area contributed by atoms with Gasteiger partial charge in [0.1, 0.15) is 0 Å². The molecule has 1 N–H and O–H groups in total. The summed E-state index contributed by atoms with van der Waals surface area (Å²) in [5.74, 6) is 1.06. The Kier molecular flexibility index (Phi) is 4.78. The highest BCUT2D eigenvalue weighted by atomic mass is 16.6. The van der Waals surface area contributed by atoms with Gasteiger partial charge >= 0.3 is 5.97 Å². The lowest BCUT2D eigenvalue weighted by atomic mass is 9.86. The molecule has 0 heterocycles. The number of rotatable bonds is 6. The third-order valence-electron chi connectivity index (χ3n) is 5.04. The third-order valence-corrected chi connectivity index (χ3v) is 5.04. The highest BCUT2D eigenvalue weighted by Gasteiger charge is 2.40. The van der Waals surface area contributed by atoms with E-state index >= 15 is 0 Å². The predicted molar refractivity (Wildman–Crippen MR) is 86.2 cm³/mol. The molecule has 3 rings (SSSR count). The van der Waals surface area contributed by atoms with Crippen LogP contribution in [0.1, 0.15) is 32.1 Å². The summed E-state index contributed by atoms with van der Waals surface area (Å²) in [6.07, 6.45) is 5.23. The molecule has 0 aromatic heterocycles. The van der Waals surface area contributed by atoms with Crippen LogP contribution >= 0.6 is 0 Å². The lowest BCUT2D eigenvalue weighted by Gasteiger charge is -2.20. The Hall–Kier alpha value is -2.44. The van der Waals surface area contributed by atoms with Gasteiger partial charge in [-0.2, -0.15) is 0 Å². The van der Waals surface area contributed by atoms with E-state index in [2.05, 4.69) is 5.32 Å².